The van der Waals surface area contributed by atoms with Crippen molar-refractivity contribution in [2.75, 3.05) is 6.61 Å². The number of H-pyrrole nitrogens is 1. The number of halogens is 2. The smallest absolute Gasteiger partial charge is 0.311 e. The molecule has 0 spiro atoms. The summed E-state index contributed by atoms with van der Waals surface area (Å²) in [5.41, 5.74) is 2.57. The molecule has 5 heteroatoms. The number of aryl methyl sites for hydroxylation is 1. The van der Waals surface area contributed by atoms with Gasteiger partial charge in [-0.05, 0) is 25.5 Å². The zero-order chi connectivity index (χ0) is 15.3. The maximum atomic E-state index is 11.5. The van der Waals surface area contributed by atoms with Crippen molar-refractivity contribution in [3.8, 4) is 0 Å². The standard InChI is InChI=1S/C13H13Cl2NO2.C2H6/c1-3-18-11(17)6-10-7(2)8-4-5-9(14)12(15)13(8)16-10;1-2/h4-5,16H,3,6H2,1-2H3;1-2H3. The molecule has 1 aromatic heterocycles. The van der Waals surface area contributed by atoms with Gasteiger partial charge in [-0.15, -0.1) is 0 Å². The van der Waals surface area contributed by atoms with Crippen LogP contribution in [-0.4, -0.2) is 17.6 Å². The van der Waals surface area contributed by atoms with Crippen LogP contribution in [0.5, 0.6) is 0 Å². The lowest BCUT2D eigenvalue weighted by Crippen LogP contribution is -2.08. The van der Waals surface area contributed by atoms with Crippen LogP contribution in [0.3, 0.4) is 0 Å². The number of aromatic nitrogens is 1. The molecule has 0 atom stereocenters. The fraction of sp³-hybridized carbons (Fsp3) is 0.400. The van der Waals surface area contributed by atoms with E-state index in [1.807, 2.05) is 26.8 Å². The van der Waals surface area contributed by atoms with Gasteiger partial charge in [-0.1, -0.05) is 43.1 Å². The van der Waals surface area contributed by atoms with Gasteiger partial charge in [0.1, 0.15) is 0 Å². The Hall–Kier alpha value is -1.19. The summed E-state index contributed by atoms with van der Waals surface area (Å²) < 4.78 is 4.93. The average molecular weight is 316 g/mol. The molecule has 2 aromatic rings. The minimum atomic E-state index is -0.255. The van der Waals surface area contributed by atoms with E-state index in [4.69, 9.17) is 27.9 Å². The zero-order valence-corrected chi connectivity index (χ0v) is 13.7. The fourth-order valence-electron chi connectivity index (χ4n) is 1.93. The number of ether oxygens (including phenoxy) is 1. The highest BCUT2D eigenvalue weighted by atomic mass is 35.5. The van der Waals surface area contributed by atoms with Crippen molar-refractivity contribution in [3.05, 3.63) is 33.4 Å². The lowest BCUT2D eigenvalue weighted by atomic mass is 10.1. The van der Waals surface area contributed by atoms with Crippen molar-refractivity contribution in [2.24, 2.45) is 0 Å². The number of benzene rings is 1. The van der Waals surface area contributed by atoms with Gasteiger partial charge >= 0.3 is 5.97 Å². The summed E-state index contributed by atoms with van der Waals surface area (Å²) in [7, 11) is 0. The zero-order valence-electron chi connectivity index (χ0n) is 12.1. The molecular weight excluding hydrogens is 297 g/mol. The third kappa shape index (κ3) is 3.47. The fourth-order valence-corrected chi connectivity index (χ4v) is 2.30. The summed E-state index contributed by atoms with van der Waals surface area (Å²) in [5, 5.41) is 1.95. The second kappa shape index (κ2) is 7.55. The van der Waals surface area contributed by atoms with Gasteiger partial charge in [-0.25, -0.2) is 0 Å². The van der Waals surface area contributed by atoms with E-state index >= 15 is 0 Å². The topological polar surface area (TPSA) is 42.1 Å². The van der Waals surface area contributed by atoms with E-state index in [2.05, 4.69) is 4.98 Å². The van der Waals surface area contributed by atoms with Crippen LogP contribution in [0.1, 0.15) is 32.0 Å². The van der Waals surface area contributed by atoms with E-state index in [0.717, 1.165) is 22.2 Å². The third-order valence-corrected chi connectivity index (χ3v) is 3.66. The lowest BCUT2D eigenvalue weighted by Gasteiger charge is -2.00. The average Bonchev–Trinajstić information content (AvgIpc) is 2.75. The highest BCUT2D eigenvalue weighted by Crippen LogP contribution is 2.33. The number of rotatable bonds is 3. The van der Waals surface area contributed by atoms with Crippen LogP contribution >= 0.6 is 23.2 Å². The number of hydrogen-bond donors (Lipinski definition) is 1. The van der Waals surface area contributed by atoms with E-state index in [-0.39, 0.29) is 12.4 Å². The molecule has 0 aliphatic rings. The number of nitrogens with one attached hydrogen (secondary N) is 1. The van der Waals surface area contributed by atoms with Gasteiger partial charge in [-0.3, -0.25) is 4.79 Å². The molecule has 20 heavy (non-hydrogen) atoms. The largest absolute Gasteiger partial charge is 0.466 e. The Morgan fingerprint density at radius 1 is 1.30 bits per heavy atom. The van der Waals surface area contributed by atoms with Gasteiger partial charge in [0.25, 0.3) is 0 Å². The predicted molar refractivity (Wildman–Crippen MR) is 84.7 cm³/mol. The molecule has 0 radical (unpaired) electrons. The van der Waals surface area contributed by atoms with Gasteiger partial charge in [-0.2, -0.15) is 0 Å². The summed E-state index contributed by atoms with van der Waals surface area (Å²) in [6.45, 7) is 8.11. The SMILES string of the molecule is CC.CCOC(=O)Cc1[nH]c2c(Cl)c(Cl)ccc2c1C. The highest BCUT2D eigenvalue weighted by Gasteiger charge is 2.14. The second-order valence-electron chi connectivity index (χ2n) is 3.99. The van der Waals surface area contributed by atoms with Crippen molar-refractivity contribution in [1.29, 1.82) is 0 Å². The van der Waals surface area contributed by atoms with Gasteiger partial charge < -0.3 is 9.72 Å². The highest BCUT2D eigenvalue weighted by molar-refractivity contribution is 6.45. The van der Waals surface area contributed by atoms with Gasteiger partial charge in [0.15, 0.2) is 0 Å². The van der Waals surface area contributed by atoms with Crippen molar-refractivity contribution in [3.63, 3.8) is 0 Å². The first kappa shape index (κ1) is 16.9. The number of carbonyl (C=O) groups excluding carboxylic acids is 1. The van der Waals surface area contributed by atoms with E-state index in [1.54, 1.807) is 13.0 Å². The van der Waals surface area contributed by atoms with Crippen LogP contribution in [-0.2, 0) is 16.0 Å². The first-order valence-electron chi connectivity index (χ1n) is 6.65. The molecular formula is C15H19Cl2NO2. The summed E-state index contributed by atoms with van der Waals surface area (Å²) in [6.07, 6.45) is 0.211. The van der Waals surface area contributed by atoms with Crippen molar-refractivity contribution in [2.45, 2.75) is 34.1 Å². The number of hydrogen-bond acceptors (Lipinski definition) is 2. The number of esters is 1. The number of fused-ring (bicyclic) bond motifs is 1. The van der Waals surface area contributed by atoms with Gasteiger partial charge in [0.2, 0.25) is 0 Å². The molecule has 3 nitrogen and oxygen atoms in total. The second-order valence-corrected chi connectivity index (χ2v) is 4.78. The van der Waals surface area contributed by atoms with Crippen LogP contribution in [0.2, 0.25) is 10.0 Å². The Morgan fingerprint density at radius 2 is 1.95 bits per heavy atom. The first-order valence-corrected chi connectivity index (χ1v) is 7.41. The van der Waals surface area contributed by atoms with E-state index in [9.17, 15) is 4.79 Å². The molecule has 2 rings (SSSR count). The molecule has 0 bridgehead atoms. The molecule has 0 unspecified atom stereocenters. The van der Waals surface area contributed by atoms with Crippen LogP contribution in [0.4, 0.5) is 0 Å². The number of aromatic amines is 1. The van der Waals surface area contributed by atoms with Crippen LogP contribution in [0.25, 0.3) is 10.9 Å². The third-order valence-electron chi connectivity index (χ3n) is 2.85. The van der Waals surface area contributed by atoms with Gasteiger partial charge in [0.05, 0.1) is 28.6 Å². The maximum absolute atomic E-state index is 11.5. The van der Waals surface area contributed by atoms with E-state index in [1.165, 1.54) is 0 Å². The molecule has 1 aromatic carbocycles. The maximum Gasteiger partial charge on any atom is 0.311 e. The van der Waals surface area contributed by atoms with Gasteiger partial charge in [0, 0.05) is 11.1 Å². The predicted octanol–water partition coefficient (Wildman–Crippen LogP) is 4.91. The van der Waals surface area contributed by atoms with Crippen LogP contribution < -0.4 is 0 Å². The number of carbonyl (C=O) groups is 1. The van der Waals surface area contributed by atoms with Crippen LogP contribution in [0, 0.1) is 6.92 Å². The molecule has 0 aliphatic carbocycles. The Bertz CT molecular complexity index is 605. The first-order chi connectivity index (χ1) is 9.54. The summed E-state index contributed by atoms with van der Waals surface area (Å²) in [4.78, 5) is 14.6. The summed E-state index contributed by atoms with van der Waals surface area (Å²) in [5.74, 6) is -0.255. The molecule has 0 saturated heterocycles. The lowest BCUT2D eigenvalue weighted by molar-refractivity contribution is -0.142. The molecule has 1 heterocycles. The quantitative estimate of drug-likeness (QED) is 0.817. The van der Waals surface area contributed by atoms with Crippen molar-refractivity contribution in [1.82, 2.24) is 4.98 Å². The van der Waals surface area contributed by atoms with Crippen LogP contribution in [0.15, 0.2) is 12.1 Å². The molecule has 0 amide bonds. The molecule has 0 aliphatic heterocycles. The van der Waals surface area contributed by atoms with Crippen molar-refractivity contribution < 1.29 is 9.53 Å². The molecule has 1 N–H and O–H groups in total. The normalized spacial score (nSPS) is 10.1. The minimum Gasteiger partial charge on any atom is -0.466 e. The Morgan fingerprint density at radius 3 is 2.55 bits per heavy atom. The van der Waals surface area contributed by atoms with E-state index < -0.39 is 0 Å². The summed E-state index contributed by atoms with van der Waals surface area (Å²) in [6, 6.07) is 3.64. The monoisotopic (exact) mass is 315 g/mol. The Kier molecular flexibility index (Phi) is 6.37. The Balaban J connectivity index is 0.000000956. The van der Waals surface area contributed by atoms with E-state index in [0.29, 0.717) is 16.7 Å². The summed E-state index contributed by atoms with van der Waals surface area (Å²) >= 11 is 12.1. The Labute approximate surface area is 129 Å². The molecule has 0 fully saturated rings. The minimum absolute atomic E-state index is 0.211. The molecule has 0 saturated carbocycles. The van der Waals surface area contributed by atoms with Crippen molar-refractivity contribution >= 4 is 40.1 Å². The molecule has 110 valence electrons.